The highest BCUT2D eigenvalue weighted by atomic mass is 16.2. The first kappa shape index (κ1) is 15.9. The van der Waals surface area contributed by atoms with E-state index in [1.54, 1.807) is 0 Å². The van der Waals surface area contributed by atoms with Gasteiger partial charge in [-0.25, -0.2) is 0 Å². The molecule has 0 unspecified atom stereocenters. The molecule has 0 aliphatic heterocycles. The number of rotatable bonds is 3. The number of aromatic amines is 1. The minimum atomic E-state index is 0.101. The topological polar surface area (TPSA) is 57.8 Å². The maximum atomic E-state index is 12.4. The van der Waals surface area contributed by atoms with Crippen molar-refractivity contribution >= 4 is 22.6 Å². The monoisotopic (exact) mass is 333 g/mol. The number of nitrogens with zero attached hydrogens (tertiary/aromatic N) is 1. The van der Waals surface area contributed by atoms with Gasteiger partial charge < -0.3 is 5.32 Å². The van der Waals surface area contributed by atoms with E-state index in [2.05, 4.69) is 59.7 Å². The van der Waals surface area contributed by atoms with Crippen LogP contribution in [-0.2, 0) is 4.79 Å². The van der Waals surface area contributed by atoms with Gasteiger partial charge in [0.05, 0.1) is 5.52 Å². The van der Waals surface area contributed by atoms with Crippen LogP contribution in [0.25, 0.3) is 22.0 Å². The fourth-order valence-electron chi connectivity index (χ4n) is 3.84. The van der Waals surface area contributed by atoms with Gasteiger partial charge in [0, 0.05) is 11.3 Å². The van der Waals surface area contributed by atoms with E-state index < -0.39 is 0 Å². The largest absolute Gasteiger partial charge is 0.308 e. The van der Waals surface area contributed by atoms with Crippen molar-refractivity contribution in [3.8, 4) is 11.1 Å². The third-order valence-electron chi connectivity index (χ3n) is 5.09. The summed E-state index contributed by atoms with van der Waals surface area (Å²) in [6.07, 6.45) is 4.29. The minimum absolute atomic E-state index is 0.101. The Morgan fingerprint density at radius 1 is 1.04 bits per heavy atom. The number of amides is 1. The molecular weight excluding hydrogens is 310 g/mol. The van der Waals surface area contributed by atoms with E-state index >= 15 is 0 Å². The van der Waals surface area contributed by atoms with Gasteiger partial charge in [0.25, 0.3) is 0 Å². The average molecular weight is 333 g/mol. The van der Waals surface area contributed by atoms with Crippen molar-refractivity contribution in [2.24, 2.45) is 5.92 Å². The molecule has 1 aliphatic rings. The van der Waals surface area contributed by atoms with Gasteiger partial charge in [-0.2, -0.15) is 5.10 Å². The molecule has 0 saturated heterocycles. The Hall–Kier alpha value is -2.62. The summed E-state index contributed by atoms with van der Waals surface area (Å²) >= 11 is 0. The van der Waals surface area contributed by atoms with E-state index in [-0.39, 0.29) is 11.8 Å². The highest BCUT2D eigenvalue weighted by Gasteiger charge is 2.23. The van der Waals surface area contributed by atoms with Crippen LogP contribution in [0.3, 0.4) is 0 Å². The molecule has 4 rings (SSSR count). The van der Waals surface area contributed by atoms with Gasteiger partial charge >= 0.3 is 0 Å². The lowest BCUT2D eigenvalue weighted by Crippen LogP contribution is -2.20. The molecule has 2 aromatic carbocycles. The maximum Gasteiger partial charge on any atom is 0.228 e. The number of carbonyl (C=O) groups excluding carboxylic acids is 1. The molecule has 1 amide bonds. The number of aromatic nitrogens is 2. The van der Waals surface area contributed by atoms with Crippen molar-refractivity contribution in [2.75, 3.05) is 5.32 Å². The number of fused-ring (bicyclic) bond motifs is 1. The highest BCUT2D eigenvalue weighted by Crippen LogP contribution is 2.30. The summed E-state index contributed by atoms with van der Waals surface area (Å²) in [5.41, 5.74) is 5.80. The number of nitrogens with one attached hydrogen (secondary N) is 2. The zero-order valence-electron chi connectivity index (χ0n) is 14.7. The molecule has 3 aromatic rings. The van der Waals surface area contributed by atoms with Crippen molar-refractivity contribution in [3.05, 3.63) is 47.5 Å². The number of hydrogen-bond acceptors (Lipinski definition) is 2. The van der Waals surface area contributed by atoms with Crippen LogP contribution in [0.1, 0.15) is 36.8 Å². The fourth-order valence-corrected chi connectivity index (χ4v) is 3.84. The molecule has 1 heterocycles. The van der Waals surface area contributed by atoms with Gasteiger partial charge in [0.2, 0.25) is 5.91 Å². The molecule has 0 spiro atoms. The van der Waals surface area contributed by atoms with Crippen LogP contribution >= 0.6 is 0 Å². The predicted octanol–water partition coefficient (Wildman–Crippen LogP) is 4.98. The first-order valence-corrected chi connectivity index (χ1v) is 8.98. The molecule has 0 atom stereocenters. The highest BCUT2D eigenvalue weighted by molar-refractivity contribution is 6.01. The van der Waals surface area contributed by atoms with Crippen molar-refractivity contribution in [3.63, 3.8) is 0 Å². The smallest absolute Gasteiger partial charge is 0.228 e. The van der Waals surface area contributed by atoms with Gasteiger partial charge in [-0.15, -0.1) is 0 Å². The second-order valence-corrected chi connectivity index (χ2v) is 7.18. The van der Waals surface area contributed by atoms with E-state index in [9.17, 15) is 4.79 Å². The number of H-pyrrole nitrogens is 1. The summed E-state index contributed by atoms with van der Waals surface area (Å²) in [6.45, 7) is 4.23. The van der Waals surface area contributed by atoms with Crippen LogP contribution in [0.5, 0.6) is 0 Å². The van der Waals surface area contributed by atoms with Gasteiger partial charge in [0.1, 0.15) is 0 Å². The molecule has 1 fully saturated rings. The van der Waals surface area contributed by atoms with Gasteiger partial charge in [-0.05, 0) is 49.9 Å². The van der Waals surface area contributed by atoms with Crippen LogP contribution < -0.4 is 5.32 Å². The fraction of sp³-hybridized carbons (Fsp3) is 0.333. The Balaban J connectivity index is 1.63. The summed E-state index contributed by atoms with van der Waals surface area (Å²) in [6, 6.07) is 12.8. The zero-order valence-corrected chi connectivity index (χ0v) is 14.7. The minimum Gasteiger partial charge on any atom is -0.308 e. The number of aryl methyl sites for hydroxylation is 2. The molecule has 4 heteroatoms. The van der Waals surface area contributed by atoms with E-state index in [1.165, 1.54) is 16.7 Å². The molecule has 128 valence electrons. The summed E-state index contributed by atoms with van der Waals surface area (Å²) < 4.78 is 0. The summed E-state index contributed by atoms with van der Waals surface area (Å²) in [5, 5.41) is 11.3. The van der Waals surface area contributed by atoms with Crippen molar-refractivity contribution in [2.45, 2.75) is 39.5 Å². The van der Waals surface area contributed by atoms with E-state index in [1.807, 2.05) is 6.07 Å². The zero-order chi connectivity index (χ0) is 17.4. The predicted molar refractivity (Wildman–Crippen MR) is 102 cm³/mol. The van der Waals surface area contributed by atoms with Crippen LogP contribution in [-0.4, -0.2) is 16.1 Å². The second-order valence-electron chi connectivity index (χ2n) is 7.18. The number of benzene rings is 2. The number of hydrogen-bond donors (Lipinski definition) is 2. The molecule has 0 bridgehead atoms. The average Bonchev–Trinajstić information content (AvgIpc) is 3.23. The Labute approximate surface area is 147 Å². The van der Waals surface area contributed by atoms with Crippen LogP contribution in [0.4, 0.5) is 5.82 Å². The molecular formula is C21H23N3O. The first-order chi connectivity index (χ1) is 12.1. The SMILES string of the molecule is Cc1cc(C)cc(-c2ccc3c(NC(=O)C4CCCC4)n[nH]c3c2)c1. The quantitative estimate of drug-likeness (QED) is 0.710. The van der Waals surface area contributed by atoms with E-state index in [4.69, 9.17) is 0 Å². The van der Waals surface area contributed by atoms with Crippen LogP contribution in [0, 0.1) is 19.8 Å². The molecule has 1 aliphatic carbocycles. The molecule has 2 N–H and O–H groups in total. The van der Waals surface area contributed by atoms with Crippen LogP contribution in [0.15, 0.2) is 36.4 Å². The van der Waals surface area contributed by atoms with Crippen molar-refractivity contribution < 1.29 is 4.79 Å². The Bertz CT molecular complexity index is 915. The molecule has 1 aromatic heterocycles. The molecule has 25 heavy (non-hydrogen) atoms. The summed E-state index contributed by atoms with van der Waals surface area (Å²) in [5.74, 6) is 0.879. The van der Waals surface area contributed by atoms with Crippen LogP contribution in [0.2, 0.25) is 0 Å². The Kier molecular flexibility index (Phi) is 4.04. The summed E-state index contributed by atoms with van der Waals surface area (Å²) in [7, 11) is 0. The number of anilines is 1. The first-order valence-electron chi connectivity index (χ1n) is 8.98. The van der Waals surface area contributed by atoms with E-state index in [0.29, 0.717) is 5.82 Å². The normalized spacial score (nSPS) is 15.0. The standard InChI is InChI=1S/C21H23N3O/c1-13-9-14(2)11-17(10-13)16-7-8-18-19(12-16)23-24-20(18)22-21(25)15-5-3-4-6-15/h7-12,15H,3-6H2,1-2H3,(H2,22,23,24,25). The van der Waals surface area contributed by atoms with Gasteiger partial charge in [-0.3, -0.25) is 9.89 Å². The second kappa shape index (κ2) is 6.36. The third kappa shape index (κ3) is 3.16. The van der Waals surface area contributed by atoms with Gasteiger partial charge in [0.15, 0.2) is 5.82 Å². The maximum absolute atomic E-state index is 12.4. The Morgan fingerprint density at radius 3 is 2.48 bits per heavy atom. The molecule has 1 saturated carbocycles. The van der Waals surface area contributed by atoms with Crippen molar-refractivity contribution in [1.82, 2.24) is 10.2 Å². The van der Waals surface area contributed by atoms with Gasteiger partial charge in [-0.1, -0.05) is 48.2 Å². The Morgan fingerprint density at radius 2 is 1.76 bits per heavy atom. The van der Waals surface area contributed by atoms with E-state index in [0.717, 1.165) is 42.1 Å². The summed E-state index contributed by atoms with van der Waals surface area (Å²) in [4.78, 5) is 12.4. The molecule has 4 nitrogen and oxygen atoms in total. The van der Waals surface area contributed by atoms with Crippen molar-refractivity contribution in [1.29, 1.82) is 0 Å². The lowest BCUT2D eigenvalue weighted by molar-refractivity contribution is -0.119. The lowest BCUT2D eigenvalue weighted by Gasteiger charge is -2.08. The third-order valence-corrected chi connectivity index (χ3v) is 5.09. The number of carbonyl (C=O) groups is 1. The molecule has 0 radical (unpaired) electrons. The lowest BCUT2D eigenvalue weighted by atomic mass is 10.00.